The van der Waals surface area contributed by atoms with Crippen LogP contribution in [0.5, 0.6) is 5.75 Å². The van der Waals surface area contributed by atoms with E-state index in [-0.39, 0.29) is 12.2 Å². The Kier molecular flexibility index (Phi) is 3.43. The molecule has 0 unspecified atom stereocenters. The lowest BCUT2D eigenvalue weighted by atomic mass is 9.93. The van der Waals surface area contributed by atoms with E-state index in [1.807, 2.05) is 18.2 Å². The third-order valence-electron chi connectivity index (χ3n) is 3.00. The molecule has 0 saturated carbocycles. The second-order valence-electron chi connectivity index (χ2n) is 3.95. The van der Waals surface area contributed by atoms with Crippen LogP contribution in [0.15, 0.2) is 18.2 Å². The van der Waals surface area contributed by atoms with E-state index in [0.717, 1.165) is 17.7 Å². The highest BCUT2D eigenvalue weighted by Crippen LogP contribution is 2.34. The maximum atomic E-state index is 5.81. The molecular weight excluding hydrogens is 204 g/mol. The van der Waals surface area contributed by atoms with Crippen LogP contribution >= 0.6 is 0 Å². The van der Waals surface area contributed by atoms with E-state index < -0.39 is 0 Å². The number of hydrogen-bond acceptors (Lipinski definition) is 4. The van der Waals surface area contributed by atoms with Gasteiger partial charge in [0.1, 0.15) is 5.75 Å². The predicted molar refractivity (Wildman–Crippen MR) is 62.4 cm³/mol. The van der Waals surface area contributed by atoms with Gasteiger partial charge in [-0.1, -0.05) is 12.1 Å². The molecule has 88 valence electrons. The largest absolute Gasteiger partial charge is 0.496 e. The van der Waals surface area contributed by atoms with Gasteiger partial charge in [0.25, 0.3) is 0 Å². The minimum absolute atomic E-state index is 0.0392. The number of nitrogens with two attached hydrogens (primary N) is 2. The lowest BCUT2D eigenvalue weighted by molar-refractivity contribution is -0.0159. The van der Waals surface area contributed by atoms with Gasteiger partial charge in [0.2, 0.25) is 0 Å². The fourth-order valence-electron chi connectivity index (χ4n) is 2.20. The van der Waals surface area contributed by atoms with Crippen molar-refractivity contribution in [1.29, 1.82) is 0 Å². The van der Waals surface area contributed by atoms with Gasteiger partial charge >= 0.3 is 0 Å². The second kappa shape index (κ2) is 4.82. The third kappa shape index (κ3) is 1.91. The average Bonchev–Trinajstić information content (AvgIpc) is 2.36. The minimum atomic E-state index is -0.0626. The van der Waals surface area contributed by atoms with Crippen LogP contribution in [0.1, 0.15) is 17.2 Å². The molecule has 0 bridgehead atoms. The van der Waals surface area contributed by atoms with E-state index in [0.29, 0.717) is 13.1 Å². The minimum Gasteiger partial charge on any atom is -0.496 e. The molecule has 0 aromatic heterocycles. The molecule has 4 heteroatoms. The normalized spacial score (nSPS) is 23.9. The van der Waals surface area contributed by atoms with Crippen LogP contribution in [0.2, 0.25) is 0 Å². The molecule has 1 aromatic rings. The monoisotopic (exact) mass is 222 g/mol. The molecule has 4 N–H and O–H groups in total. The number of fused-ring (bicyclic) bond motifs is 1. The average molecular weight is 222 g/mol. The smallest absolute Gasteiger partial charge is 0.122 e. The van der Waals surface area contributed by atoms with Crippen molar-refractivity contribution in [2.75, 3.05) is 20.2 Å². The van der Waals surface area contributed by atoms with Gasteiger partial charge in [0.15, 0.2) is 0 Å². The van der Waals surface area contributed by atoms with Crippen LogP contribution in [0.3, 0.4) is 0 Å². The Labute approximate surface area is 95.5 Å². The molecule has 2 atom stereocenters. The first-order valence-electron chi connectivity index (χ1n) is 5.51. The van der Waals surface area contributed by atoms with Gasteiger partial charge in [0, 0.05) is 25.1 Å². The zero-order chi connectivity index (χ0) is 11.5. The van der Waals surface area contributed by atoms with E-state index in [2.05, 4.69) is 0 Å². The van der Waals surface area contributed by atoms with Gasteiger partial charge in [0.05, 0.1) is 19.3 Å². The van der Waals surface area contributed by atoms with Crippen molar-refractivity contribution in [3.8, 4) is 5.75 Å². The molecular formula is C12H18N2O2. The van der Waals surface area contributed by atoms with Crippen LogP contribution in [-0.4, -0.2) is 26.3 Å². The molecule has 4 nitrogen and oxygen atoms in total. The Hall–Kier alpha value is -1.10. The van der Waals surface area contributed by atoms with Gasteiger partial charge < -0.3 is 20.9 Å². The van der Waals surface area contributed by atoms with Crippen molar-refractivity contribution in [2.24, 2.45) is 11.5 Å². The van der Waals surface area contributed by atoms with E-state index in [4.69, 9.17) is 20.9 Å². The molecule has 0 radical (unpaired) electrons. The summed E-state index contributed by atoms with van der Waals surface area (Å²) >= 11 is 0. The molecule has 0 aliphatic carbocycles. The van der Waals surface area contributed by atoms with Gasteiger partial charge in [-0.2, -0.15) is 0 Å². The highest BCUT2D eigenvalue weighted by Gasteiger charge is 2.27. The Bertz CT molecular complexity index is 368. The molecule has 16 heavy (non-hydrogen) atoms. The quantitative estimate of drug-likeness (QED) is 0.785. The standard InChI is InChI=1S/C12H18N2O2/c1-15-11-4-2-3-9-10(11)5-8(6-13)16-12(9)7-14/h2-4,8,12H,5-7,13-14H2,1H3/t8-,12-/m0/s1. The fraction of sp³-hybridized carbons (Fsp3) is 0.500. The van der Waals surface area contributed by atoms with Gasteiger partial charge in [-0.3, -0.25) is 0 Å². The number of hydrogen-bond donors (Lipinski definition) is 2. The Morgan fingerprint density at radius 3 is 2.81 bits per heavy atom. The summed E-state index contributed by atoms with van der Waals surface area (Å²) in [5.41, 5.74) is 13.7. The number of ether oxygens (including phenoxy) is 2. The first kappa shape index (κ1) is 11.4. The maximum Gasteiger partial charge on any atom is 0.122 e. The van der Waals surface area contributed by atoms with E-state index >= 15 is 0 Å². The molecule has 0 fully saturated rings. The summed E-state index contributed by atoms with van der Waals surface area (Å²) in [6.07, 6.45) is 0.775. The molecule has 1 aromatic carbocycles. The van der Waals surface area contributed by atoms with E-state index in [1.165, 1.54) is 5.56 Å². The van der Waals surface area contributed by atoms with Crippen molar-refractivity contribution < 1.29 is 9.47 Å². The van der Waals surface area contributed by atoms with Crippen LogP contribution in [0, 0.1) is 0 Å². The second-order valence-corrected chi connectivity index (χ2v) is 3.95. The van der Waals surface area contributed by atoms with Crippen molar-refractivity contribution in [3.63, 3.8) is 0 Å². The first-order chi connectivity index (χ1) is 7.80. The van der Waals surface area contributed by atoms with Crippen molar-refractivity contribution in [3.05, 3.63) is 29.3 Å². The zero-order valence-electron chi connectivity index (χ0n) is 9.48. The summed E-state index contributed by atoms with van der Waals surface area (Å²) in [7, 11) is 1.68. The van der Waals surface area contributed by atoms with Crippen LogP contribution in [-0.2, 0) is 11.2 Å². The van der Waals surface area contributed by atoms with E-state index in [1.54, 1.807) is 7.11 Å². The molecule has 0 amide bonds. The summed E-state index contributed by atoms with van der Waals surface area (Å²) in [5, 5.41) is 0. The summed E-state index contributed by atoms with van der Waals surface area (Å²) in [4.78, 5) is 0. The highest BCUT2D eigenvalue weighted by molar-refractivity contribution is 5.43. The van der Waals surface area contributed by atoms with Crippen molar-refractivity contribution in [1.82, 2.24) is 0 Å². The third-order valence-corrected chi connectivity index (χ3v) is 3.00. The highest BCUT2D eigenvalue weighted by atomic mass is 16.5. The summed E-state index contributed by atoms with van der Waals surface area (Å²) in [6.45, 7) is 0.977. The molecule has 1 heterocycles. The van der Waals surface area contributed by atoms with Gasteiger partial charge in [-0.15, -0.1) is 0 Å². The van der Waals surface area contributed by atoms with Crippen LogP contribution < -0.4 is 16.2 Å². The van der Waals surface area contributed by atoms with Crippen molar-refractivity contribution in [2.45, 2.75) is 18.6 Å². The topological polar surface area (TPSA) is 70.5 Å². The lowest BCUT2D eigenvalue weighted by Gasteiger charge is -2.31. The molecule has 0 saturated heterocycles. The Balaban J connectivity index is 2.41. The van der Waals surface area contributed by atoms with Gasteiger partial charge in [-0.25, -0.2) is 0 Å². The van der Waals surface area contributed by atoms with Crippen LogP contribution in [0.4, 0.5) is 0 Å². The number of rotatable bonds is 3. The lowest BCUT2D eigenvalue weighted by Crippen LogP contribution is -2.35. The summed E-state index contributed by atoms with van der Waals surface area (Å²) < 4.78 is 11.2. The Morgan fingerprint density at radius 1 is 1.38 bits per heavy atom. The zero-order valence-corrected chi connectivity index (χ0v) is 9.48. The fourth-order valence-corrected chi connectivity index (χ4v) is 2.20. The van der Waals surface area contributed by atoms with Crippen LogP contribution in [0.25, 0.3) is 0 Å². The molecule has 1 aliphatic rings. The van der Waals surface area contributed by atoms with E-state index in [9.17, 15) is 0 Å². The number of methoxy groups -OCH3 is 1. The van der Waals surface area contributed by atoms with Gasteiger partial charge in [-0.05, 0) is 11.6 Å². The summed E-state index contributed by atoms with van der Waals surface area (Å²) in [6, 6.07) is 5.97. The first-order valence-corrected chi connectivity index (χ1v) is 5.51. The molecule has 2 rings (SSSR count). The predicted octanol–water partition coefficient (Wildman–Crippen LogP) is 0.595. The maximum absolute atomic E-state index is 5.81. The van der Waals surface area contributed by atoms with Crippen molar-refractivity contribution >= 4 is 0 Å². The molecule has 1 aliphatic heterocycles. The Morgan fingerprint density at radius 2 is 2.19 bits per heavy atom. The SMILES string of the molecule is COc1cccc2c1C[C@@H](CN)O[C@H]2CN. The summed E-state index contributed by atoms with van der Waals surface area (Å²) in [5.74, 6) is 0.901. The number of benzene rings is 1. The molecule has 0 spiro atoms.